The molecule has 0 bridgehead atoms. The molecule has 2 amide bonds. The quantitative estimate of drug-likeness (QED) is 0.363. The summed E-state index contributed by atoms with van der Waals surface area (Å²) >= 11 is 0. The largest absolute Gasteiger partial charge is 0.355 e. The minimum absolute atomic E-state index is 0.210. The summed E-state index contributed by atoms with van der Waals surface area (Å²) in [5, 5.41) is 13.8. The van der Waals surface area contributed by atoms with E-state index in [9.17, 15) is 9.59 Å². The summed E-state index contributed by atoms with van der Waals surface area (Å²) in [6.07, 6.45) is 3.15. The van der Waals surface area contributed by atoms with E-state index in [1.807, 2.05) is 60.7 Å². The highest BCUT2D eigenvalue weighted by Gasteiger charge is 2.40. The van der Waals surface area contributed by atoms with Crippen LogP contribution >= 0.6 is 0 Å². The Morgan fingerprint density at radius 1 is 1.11 bits per heavy atom. The zero-order valence-electron chi connectivity index (χ0n) is 15.0. The van der Waals surface area contributed by atoms with Crippen LogP contribution in [0.25, 0.3) is 11.3 Å². The van der Waals surface area contributed by atoms with Crippen LogP contribution in [0.5, 0.6) is 0 Å². The Morgan fingerprint density at radius 2 is 1.82 bits per heavy atom. The molecular formula is C21H19N5O2. The summed E-state index contributed by atoms with van der Waals surface area (Å²) in [6.45, 7) is 0.435. The first kappa shape index (κ1) is 17.7. The fourth-order valence-electron chi connectivity index (χ4n) is 3.40. The molecule has 0 saturated carbocycles. The van der Waals surface area contributed by atoms with E-state index in [1.54, 1.807) is 6.20 Å². The lowest BCUT2D eigenvalue weighted by molar-refractivity contribution is -0.133. The highest BCUT2D eigenvalue weighted by Crippen LogP contribution is 2.29. The van der Waals surface area contributed by atoms with Crippen LogP contribution in [0.4, 0.5) is 0 Å². The van der Waals surface area contributed by atoms with Crippen molar-refractivity contribution in [3.8, 4) is 11.3 Å². The summed E-state index contributed by atoms with van der Waals surface area (Å²) in [7, 11) is 0. The second-order valence-electron chi connectivity index (χ2n) is 6.54. The van der Waals surface area contributed by atoms with Gasteiger partial charge in [0.1, 0.15) is 5.92 Å². The van der Waals surface area contributed by atoms with Crippen LogP contribution < -0.4 is 10.7 Å². The smallest absolute Gasteiger partial charge is 0.253 e. The third-order valence-electron chi connectivity index (χ3n) is 4.80. The number of benzene rings is 2. The third kappa shape index (κ3) is 3.55. The first-order valence-corrected chi connectivity index (χ1v) is 8.98. The second kappa shape index (κ2) is 7.87. The summed E-state index contributed by atoms with van der Waals surface area (Å²) in [5.74, 6) is -1.73. The SMILES string of the molecule is O=C1NCC(c2ccccc2)C1C(=O)N/N=C/c1cn[nH]c1-c1ccccc1. The van der Waals surface area contributed by atoms with Crippen molar-refractivity contribution < 1.29 is 9.59 Å². The zero-order valence-corrected chi connectivity index (χ0v) is 15.0. The Labute approximate surface area is 161 Å². The van der Waals surface area contributed by atoms with Gasteiger partial charge in [0.25, 0.3) is 5.91 Å². The van der Waals surface area contributed by atoms with E-state index in [1.165, 1.54) is 6.21 Å². The molecule has 2 aromatic carbocycles. The predicted molar refractivity (Wildman–Crippen MR) is 105 cm³/mol. The van der Waals surface area contributed by atoms with Gasteiger partial charge in [0.15, 0.2) is 0 Å². The molecule has 0 aliphatic carbocycles. The van der Waals surface area contributed by atoms with Gasteiger partial charge in [0, 0.05) is 23.6 Å². The molecule has 0 spiro atoms. The molecule has 1 aliphatic rings. The number of H-pyrrole nitrogens is 1. The number of hydrogen-bond donors (Lipinski definition) is 3. The van der Waals surface area contributed by atoms with Crippen molar-refractivity contribution in [2.45, 2.75) is 5.92 Å². The van der Waals surface area contributed by atoms with E-state index in [0.717, 1.165) is 22.4 Å². The molecule has 4 rings (SSSR count). The predicted octanol–water partition coefficient (Wildman–Crippen LogP) is 2.06. The van der Waals surface area contributed by atoms with Gasteiger partial charge in [-0.05, 0) is 5.56 Å². The van der Waals surface area contributed by atoms with E-state index in [0.29, 0.717) is 6.54 Å². The van der Waals surface area contributed by atoms with Crippen molar-refractivity contribution in [3.63, 3.8) is 0 Å². The number of carbonyl (C=O) groups is 2. The molecule has 0 radical (unpaired) electrons. The van der Waals surface area contributed by atoms with Crippen LogP contribution in [0, 0.1) is 5.92 Å². The van der Waals surface area contributed by atoms with E-state index in [-0.39, 0.29) is 11.8 Å². The average molecular weight is 373 g/mol. The maximum absolute atomic E-state index is 12.6. The number of hydrazone groups is 1. The average Bonchev–Trinajstić information content (AvgIpc) is 3.36. The van der Waals surface area contributed by atoms with E-state index >= 15 is 0 Å². The molecule has 7 heteroatoms. The molecule has 140 valence electrons. The molecule has 1 saturated heterocycles. The minimum Gasteiger partial charge on any atom is -0.355 e. The van der Waals surface area contributed by atoms with Crippen molar-refractivity contribution in [1.29, 1.82) is 0 Å². The molecule has 28 heavy (non-hydrogen) atoms. The van der Waals surface area contributed by atoms with Crippen LogP contribution in [-0.4, -0.2) is 34.8 Å². The molecule has 1 fully saturated rings. The lowest BCUT2D eigenvalue weighted by atomic mass is 9.88. The Kier molecular flexibility index (Phi) is 4.97. The molecule has 1 aliphatic heterocycles. The van der Waals surface area contributed by atoms with Crippen molar-refractivity contribution in [2.24, 2.45) is 11.0 Å². The fourth-order valence-corrected chi connectivity index (χ4v) is 3.40. The molecule has 3 aromatic rings. The Hall–Kier alpha value is -3.74. The Morgan fingerprint density at radius 3 is 2.57 bits per heavy atom. The van der Waals surface area contributed by atoms with E-state index in [4.69, 9.17) is 0 Å². The third-order valence-corrected chi connectivity index (χ3v) is 4.80. The standard InChI is InChI=1S/C21H19N5O2/c27-20-18(17(13-22-20)14-7-3-1-4-8-14)21(28)26-24-12-16-11-23-25-19(16)15-9-5-2-6-10-15/h1-12,17-18H,13H2,(H,22,27)(H,23,25)(H,26,28)/b24-12+. The highest BCUT2D eigenvalue weighted by atomic mass is 16.2. The van der Waals surface area contributed by atoms with Crippen molar-refractivity contribution in [3.05, 3.63) is 78.0 Å². The van der Waals surface area contributed by atoms with E-state index in [2.05, 4.69) is 26.0 Å². The first-order chi connectivity index (χ1) is 13.7. The summed E-state index contributed by atoms with van der Waals surface area (Å²) in [6, 6.07) is 19.3. The van der Waals surface area contributed by atoms with Gasteiger partial charge in [-0.1, -0.05) is 60.7 Å². The maximum Gasteiger partial charge on any atom is 0.253 e. The molecule has 7 nitrogen and oxygen atoms in total. The molecule has 2 heterocycles. The molecule has 1 aromatic heterocycles. The summed E-state index contributed by atoms with van der Waals surface area (Å²) in [4.78, 5) is 24.8. The van der Waals surface area contributed by atoms with Crippen LogP contribution in [0.1, 0.15) is 17.0 Å². The molecule has 3 N–H and O–H groups in total. The van der Waals surface area contributed by atoms with Gasteiger partial charge >= 0.3 is 0 Å². The number of amides is 2. The highest BCUT2D eigenvalue weighted by molar-refractivity contribution is 6.03. The van der Waals surface area contributed by atoms with Crippen LogP contribution in [0.2, 0.25) is 0 Å². The number of hydrogen-bond acceptors (Lipinski definition) is 4. The monoisotopic (exact) mass is 373 g/mol. The minimum atomic E-state index is -0.808. The molecular weight excluding hydrogens is 354 g/mol. The summed E-state index contributed by atoms with van der Waals surface area (Å²) < 4.78 is 0. The molecule has 2 unspecified atom stereocenters. The fraction of sp³-hybridized carbons (Fsp3) is 0.143. The van der Waals surface area contributed by atoms with Crippen molar-refractivity contribution in [1.82, 2.24) is 20.9 Å². The summed E-state index contributed by atoms with van der Waals surface area (Å²) in [5.41, 5.74) is 5.96. The number of nitrogens with zero attached hydrogens (tertiary/aromatic N) is 2. The van der Waals surface area contributed by atoms with Gasteiger partial charge in [0.05, 0.1) is 18.1 Å². The van der Waals surface area contributed by atoms with Gasteiger partial charge < -0.3 is 5.32 Å². The normalized spacial score (nSPS) is 18.9. The van der Waals surface area contributed by atoms with Crippen molar-refractivity contribution in [2.75, 3.05) is 6.54 Å². The number of nitrogens with one attached hydrogen (secondary N) is 3. The number of carbonyl (C=O) groups excluding carboxylic acids is 2. The van der Waals surface area contributed by atoms with E-state index < -0.39 is 11.8 Å². The zero-order chi connectivity index (χ0) is 19.3. The van der Waals surface area contributed by atoms with Gasteiger partial charge in [-0.2, -0.15) is 10.2 Å². The maximum atomic E-state index is 12.6. The van der Waals surface area contributed by atoms with Crippen LogP contribution in [0.15, 0.2) is 72.0 Å². The van der Waals surface area contributed by atoms with Crippen molar-refractivity contribution >= 4 is 18.0 Å². The second-order valence-corrected chi connectivity index (χ2v) is 6.54. The van der Waals surface area contributed by atoms with Gasteiger partial charge in [-0.25, -0.2) is 5.43 Å². The molecule has 2 atom stereocenters. The van der Waals surface area contributed by atoms with Gasteiger partial charge in [0.2, 0.25) is 5.91 Å². The Balaban J connectivity index is 1.47. The first-order valence-electron chi connectivity index (χ1n) is 8.98. The van der Waals surface area contributed by atoms with Crippen LogP contribution in [0.3, 0.4) is 0 Å². The number of aromatic nitrogens is 2. The lowest BCUT2D eigenvalue weighted by Gasteiger charge is -2.15. The van der Waals surface area contributed by atoms with Crippen LogP contribution in [-0.2, 0) is 9.59 Å². The van der Waals surface area contributed by atoms with Gasteiger partial charge in [-0.15, -0.1) is 0 Å². The topological polar surface area (TPSA) is 99.2 Å². The number of rotatable bonds is 5. The number of aromatic amines is 1. The van der Waals surface area contributed by atoms with Gasteiger partial charge in [-0.3, -0.25) is 14.7 Å². The Bertz CT molecular complexity index is 998. The lowest BCUT2D eigenvalue weighted by Crippen LogP contribution is -2.34.